The second-order valence-corrected chi connectivity index (χ2v) is 5.34. The average molecular weight is 257 g/mol. The Morgan fingerprint density at radius 3 is 2.37 bits per heavy atom. The highest BCUT2D eigenvalue weighted by Gasteiger charge is 2.12. The summed E-state index contributed by atoms with van der Waals surface area (Å²) >= 11 is 0. The normalized spacial score (nSPS) is 11.3. The summed E-state index contributed by atoms with van der Waals surface area (Å²) in [4.78, 5) is 4.73. The lowest BCUT2D eigenvalue weighted by molar-refractivity contribution is 0.761. The van der Waals surface area contributed by atoms with Crippen molar-refractivity contribution in [2.75, 3.05) is 6.54 Å². The Morgan fingerprint density at radius 1 is 1.21 bits per heavy atom. The highest BCUT2D eigenvalue weighted by Crippen LogP contribution is 2.25. The zero-order valence-corrected chi connectivity index (χ0v) is 12.3. The first-order chi connectivity index (χ1) is 9.04. The van der Waals surface area contributed by atoms with Crippen molar-refractivity contribution in [2.45, 2.75) is 33.1 Å². The van der Waals surface area contributed by atoms with E-state index in [4.69, 9.17) is 10.7 Å². The molecule has 0 bridgehead atoms. The number of hydrogen-bond donors (Lipinski definition) is 1. The van der Waals surface area contributed by atoms with Crippen molar-refractivity contribution in [1.82, 2.24) is 9.55 Å². The van der Waals surface area contributed by atoms with E-state index in [1.54, 1.807) is 0 Å². The molecule has 2 N–H and O–H groups in total. The molecule has 1 aromatic heterocycles. The maximum absolute atomic E-state index is 5.63. The van der Waals surface area contributed by atoms with Crippen LogP contribution in [0.1, 0.15) is 36.8 Å². The molecule has 0 fully saturated rings. The predicted molar refractivity (Wildman–Crippen MR) is 80.2 cm³/mol. The van der Waals surface area contributed by atoms with Gasteiger partial charge in [0.25, 0.3) is 0 Å². The summed E-state index contributed by atoms with van der Waals surface area (Å²) in [7, 11) is 2.05. The molecule has 0 saturated carbocycles. The Bertz CT molecular complexity index is 550. The fraction of sp³-hybridized carbons (Fsp3) is 0.438. The molecule has 19 heavy (non-hydrogen) atoms. The van der Waals surface area contributed by atoms with Crippen LogP contribution in [-0.4, -0.2) is 16.1 Å². The fourth-order valence-electron chi connectivity index (χ4n) is 2.29. The van der Waals surface area contributed by atoms with Gasteiger partial charge in [0.2, 0.25) is 0 Å². The van der Waals surface area contributed by atoms with E-state index in [1.807, 2.05) is 0 Å². The van der Waals surface area contributed by atoms with E-state index in [9.17, 15) is 0 Å². The van der Waals surface area contributed by atoms with Crippen molar-refractivity contribution < 1.29 is 0 Å². The first-order valence-electron chi connectivity index (χ1n) is 6.87. The minimum absolute atomic E-state index is 0.562. The standard InChI is InChI=1S/C16H23N3/c1-11(2)13-5-7-14(8-6-13)16-12(3)19(4)15(18-16)9-10-17/h5-8,11H,9-10,17H2,1-4H3. The van der Waals surface area contributed by atoms with Crippen LogP contribution in [0.5, 0.6) is 0 Å². The minimum atomic E-state index is 0.562. The van der Waals surface area contributed by atoms with Crippen LogP contribution in [0.4, 0.5) is 0 Å². The molecule has 0 spiro atoms. The van der Waals surface area contributed by atoms with Crippen molar-refractivity contribution in [3.63, 3.8) is 0 Å². The number of nitrogens with two attached hydrogens (primary N) is 1. The topological polar surface area (TPSA) is 43.8 Å². The van der Waals surface area contributed by atoms with Crippen molar-refractivity contribution in [2.24, 2.45) is 12.8 Å². The van der Waals surface area contributed by atoms with E-state index >= 15 is 0 Å². The molecule has 0 aliphatic rings. The smallest absolute Gasteiger partial charge is 0.110 e. The Labute approximate surface area is 115 Å². The summed E-state index contributed by atoms with van der Waals surface area (Å²) < 4.78 is 2.14. The van der Waals surface area contributed by atoms with Gasteiger partial charge in [-0.3, -0.25) is 0 Å². The van der Waals surface area contributed by atoms with E-state index in [0.717, 1.165) is 17.9 Å². The van der Waals surface area contributed by atoms with Crippen LogP contribution < -0.4 is 5.73 Å². The van der Waals surface area contributed by atoms with Crippen molar-refractivity contribution in [3.05, 3.63) is 41.3 Å². The van der Waals surface area contributed by atoms with Gasteiger partial charge >= 0.3 is 0 Å². The van der Waals surface area contributed by atoms with Crippen molar-refractivity contribution >= 4 is 0 Å². The molecule has 2 rings (SSSR count). The van der Waals surface area contributed by atoms with Gasteiger partial charge < -0.3 is 10.3 Å². The summed E-state index contributed by atoms with van der Waals surface area (Å²) in [5.41, 5.74) is 10.4. The second-order valence-electron chi connectivity index (χ2n) is 5.34. The third kappa shape index (κ3) is 2.71. The lowest BCUT2D eigenvalue weighted by atomic mass is 10.0. The Morgan fingerprint density at radius 2 is 1.84 bits per heavy atom. The maximum atomic E-state index is 5.63. The quantitative estimate of drug-likeness (QED) is 0.915. The molecule has 1 heterocycles. The van der Waals surface area contributed by atoms with Gasteiger partial charge in [-0.2, -0.15) is 0 Å². The summed E-state index contributed by atoms with van der Waals surface area (Å²) in [5, 5.41) is 0. The van der Waals surface area contributed by atoms with Gasteiger partial charge in [0.15, 0.2) is 0 Å². The highest BCUT2D eigenvalue weighted by molar-refractivity contribution is 5.62. The van der Waals surface area contributed by atoms with Crippen LogP contribution in [0.15, 0.2) is 24.3 Å². The van der Waals surface area contributed by atoms with Crippen LogP contribution in [0.2, 0.25) is 0 Å². The van der Waals surface area contributed by atoms with E-state index in [2.05, 4.69) is 56.7 Å². The molecule has 2 aromatic rings. The molecule has 0 saturated heterocycles. The Hall–Kier alpha value is -1.61. The number of aromatic nitrogens is 2. The summed E-state index contributed by atoms with van der Waals surface area (Å²) in [6.07, 6.45) is 0.821. The molecule has 3 nitrogen and oxygen atoms in total. The summed E-state index contributed by atoms with van der Waals surface area (Å²) in [5.74, 6) is 1.62. The molecular weight excluding hydrogens is 234 g/mol. The minimum Gasteiger partial charge on any atom is -0.335 e. The third-order valence-electron chi connectivity index (χ3n) is 3.69. The van der Waals surface area contributed by atoms with E-state index < -0.39 is 0 Å². The molecule has 3 heteroatoms. The number of hydrogen-bond acceptors (Lipinski definition) is 2. The molecule has 0 aliphatic heterocycles. The van der Waals surface area contributed by atoms with Gasteiger partial charge in [0.1, 0.15) is 5.82 Å². The maximum Gasteiger partial charge on any atom is 0.110 e. The van der Waals surface area contributed by atoms with Gasteiger partial charge in [0.05, 0.1) is 5.69 Å². The largest absolute Gasteiger partial charge is 0.335 e. The van der Waals surface area contributed by atoms with Crippen molar-refractivity contribution in [3.8, 4) is 11.3 Å². The summed E-state index contributed by atoms with van der Waals surface area (Å²) in [6.45, 7) is 7.16. The van der Waals surface area contributed by atoms with E-state index in [-0.39, 0.29) is 0 Å². The first kappa shape index (κ1) is 13.8. The zero-order valence-electron chi connectivity index (χ0n) is 12.3. The SMILES string of the molecule is Cc1c(-c2ccc(C(C)C)cc2)nc(CCN)n1C. The molecule has 0 unspecified atom stereocenters. The number of nitrogens with zero attached hydrogens (tertiary/aromatic N) is 2. The van der Waals surface area contributed by atoms with Gasteiger partial charge in [0, 0.05) is 24.7 Å². The summed E-state index contributed by atoms with van der Waals surface area (Å²) in [6, 6.07) is 8.71. The van der Waals surface area contributed by atoms with Crippen LogP contribution >= 0.6 is 0 Å². The number of rotatable bonds is 4. The molecule has 102 valence electrons. The second kappa shape index (κ2) is 5.57. The van der Waals surface area contributed by atoms with Gasteiger partial charge in [-0.1, -0.05) is 38.1 Å². The monoisotopic (exact) mass is 257 g/mol. The molecule has 0 aliphatic carbocycles. The zero-order chi connectivity index (χ0) is 14.0. The average Bonchev–Trinajstić information content (AvgIpc) is 2.68. The first-order valence-corrected chi connectivity index (χ1v) is 6.87. The highest BCUT2D eigenvalue weighted by atomic mass is 15.1. The van der Waals surface area contributed by atoms with E-state index in [0.29, 0.717) is 12.5 Å². The third-order valence-corrected chi connectivity index (χ3v) is 3.69. The fourth-order valence-corrected chi connectivity index (χ4v) is 2.29. The van der Waals surface area contributed by atoms with Crippen LogP contribution in [-0.2, 0) is 13.5 Å². The van der Waals surface area contributed by atoms with Gasteiger partial charge in [-0.05, 0) is 24.9 Å². The van der Waals surface area contributed by atoms with Gasteiger partial charge in [-0.15, -0.1) is 0 Å². The molecule has 1 aromatic carbocycles. The van der Waals surface area contributed by atoms with Crippen molar-refractivity contribution in [1.29, 1.82) is 0 Å². The molecule has 0 radical (unpaired) electrons. The lowest BCUT2D eigenvalue weighted by Crippen LogP contribution is -2.08. The molecule has 0 atom stereocenters. The molecule has 0 amide bonds. The van der Waals surface area contributed by atoms with Crippen LogP contribution in [0.3, 0.4) is 0 Å². The number of benzene rings is 1. The molecular formula is C16H23N3. The number of imidazole rings is 1. The Kier molecular flexibility index (Phi) is 4.05. The van der Waals surface area contributed by atoms with Gasteiger partial charge in [-0.25, -0.2) is 4.98 Å². The van der Waals surface area contributed by atoms with E-state index in [1.165, 1.54) is 16.8 Å². The van der Waals surface area contributed by atoms with Crippen LogP contribution in [0, 0.1) is 6.92 Å². The lowest BCUT2D eigenvalue weighted by Gasteiger charge is -2.06. The van der Waals surface area contributed by atoms with Crippen LogP contribution in [0.25, 0.3) is 11.3 Å². The Balaban J connectivity index is 2.38. The predicted octanol–water partition coefficient (Wildman–Crippen LogP) is 3.02.